The van der Waals surface area contributed by atoms with E-state index in [1.54, 1.807) is 6.07 Å². The van der Waals surface area contributed by atoms with Gasteiger partial charge in [-0.05, 0) is 81.0 Å². The monoisotopic (exact) mass is 607 g/mol. The first-order valence-corrected chi connectivity index (χ1v) is 16.2. The highest BCUT2D eigenvalue weighted by atomic mass is 16.3. The molecule has 0 unspecified atom stereocenters. The second-order valence-corrected chi connectivity index (χ2v) is 15.4. The van der Waals surface area contributed by atoms with Crippen molar-refractivity contribution < 1.29 is 5.11 Å². The Morgan fingerprint density at radius 1 is 0.587 bits per heavy atom. The van der Waals surface area contributed by atoms with Gasteiger partial charge in [-0.25, -0.2) is 4.98 Å². The van der Waals surface area contributed by atoms with Crippen LogP contribution >= 0.6 is 0 Å². The van der Waals surface area contributed by atoms with Gasteiger partial charge in [0.25, 0.3) is 0 Å². The molecule has 0 saturated carbocycles. The quantitative estimate of drug-likeness (QED) is 0.217. The Morgan fingerprint density at radius 2 is 1.20 bits per heavy atom. The van der Waals surface area contributed by atoms with Crippen LogP contribution < -0.4 is 0 Å². The van der Waals surface area contributed by atoms with Crippen LogP contribution in [0.4, 0.5) is 0 Å². The first kappa shape index (κ1) is 31.3. The average Bonchev–Trinajstić information content (AvgIpc) is 3.39. The van der Waals surface area contributed by atoms with Crippen molar-refractivity contribution in [3.05, 3.63) is 120 Å². The number of nitrogens with zero attached hydrogens (tertiary/aromatic N) is 3. The molecule has 0 spiro atoms. The summed E-state index contributed by atoms with van der Waals surface area (Å²) in [4.78, 5) is 10.1. The van der Waals surface area contributed by atoms with E-state index in [1.165, 1.54) is 16.7 Å². The first-order valence-electron chi connectivity index (χ1n) is 16.2. The van der Waals surface area contributed by atoms with Gasteiger partial charge in [0.05, 0.1) is 28.0 Å². The topological polar surface area (TPSA) is 50.9 Å². The van der Waals surface area contributed by atoms with Crippen molar-refractivity contribution in [2.45, 2.75) is 78.6 Å². The van der Waals surface area contributed by atoms with Crippen molar-refractivity contribution in [2.24, 2.45) is 0 Å². The molecule has 4 aromatic carbocycles. The standard InChI is InChI=1S/C42H45N3O/c1-40(2,3)29-25-27(24-28(26-29)34-20-12-13-23-43-34)30-17-14-21-35-37(30)44-39(31-16-10-11-22-36(31)46)45(35)38-32(41(4,5)6)18-15-19-33(38)42(7,8)9/h10-26,46H,1-9H3. The molecular weight excluding hydrogens is 562 g/mol. The number of imidazole rings is 1. The minimum absolute atomic E-state index is 0.0684. The van der Waals surface area contributed by atoms with Crippen LogP contribution in [0.15, 0.2) is 103 Å². The van der Waals surface area contributed by atoms with Gasteiger partial charge in [-0.2, -0.15) is 0 Å². The SMILES string of the molecule is CC(C)(C)c1cc(-c2ccccn2)cc(-c2cccc3c2nc(-c2ccccc2O)n3-c2c(C(C)(C)C)cccc2C(C)(C)C)c1. The minimum atomic E-state index is -0.139. The highest BCUT2D eigenvalue weighted by Gasteiger charge is 2.30. The number of benzene rings is 4. The number of aromatic hydroxyl groups is 1. The Bertz CT molecular complexity index is 2020. The van der Waals surface area contributed by atoms with Gasteiger partial charge in [0.2, 0.25) is 0 Å². The highest BCUT2D eigenvalue weighted by Crippen LogP contribution is 2.44. The number of aromatic nitrogens is 3. The smallest absolute Gasteiger partial charge is 0.149 e. The molecule has 6 aromatic rings. The van der Waals surface area contributed by atoms with Gasteiger partial charge in [-0.1, -0.05) is 117 Å². The van der Waals surface area contributed by atoms with Gasteiger partial charge in [0.1, 0.15) is 11.6 Å². The number of hydrogen-bond acceptors (Lipinski definition) is 3. The maximum Gasteiger partial charge on any atom is 0.149 e. The molecule has 0 aliphatic carbocycles. The summed E-state index contributed by atoms with van der Waals surface area (Å²) in [5, 5.41) is 11.2. The van der Waals surface area contributed by atoms with Gasteiger partial charge in [0, 0.05) is 17.3 Å². The number of phenols is 1. The van der Waals surface area contributed by atoms with Crippen molar-refractivity contribution >= 4 is 11.0 Å². The van der Waals surface area contributed by atoms with E-state index in [0.29, 0.717) is 5.56 Å². The fraction of sp³-hybridized carbons (Fsp3) is 0.286. The number of hydrogen-bond donors (Lipinski definition) is 1. The molecule has 0 fully saturated rings. The lowest BCUT2D eigenvalue weighted by Gasteiger charge is -2.31. The summed E-state index contributed by atoms with van der Waals surface area (Å²) in [5.74, 6) is 0.929. The normalized spacial score (nSPS) is 12.5. The van der Waals surface area contributed by atoms with Crippen LogP contribution in [0.3, 0.4) is 0 Å². The molecule has 2 heterocycles. The Balaban J connectivity index is 1.75. The molecule has 0 saturated heterocycles. The Labute approximate surface area is 273 Å². The molecule has 2 aromatic heterocycles. The molecule has 4 heteroatoms. The van der Waals surface area contributed by atoms with E-state index in [0.717, 1.165) is 44.9 Å². The van der Waals surface area contributed by atoms with Gasteiger partial charge in [0.15, 0.2) is 0 Å². The summed E-state index contributed by atoms with van der Waals surface area (Å²) in [6, 6.07) is 33.5. The van der Waals surface area contributed by atoms with E-state index < -0.39 is 0 Å². The number of rotatable bonds is 4. The minimum Gasteiger partial charge on any atom is -0.507 e. The zero-order chi connectivity index (χ0) is 33.0. The molecule has 0 bridgehead atoms. The van der Waals surface area contributed by atoms with Crippen LogP contribution in [-0.4, -0.2) is 19.6 Å². The van der Waals surface area contributed by atoms with E-state index in [4.69, 9.17) is 9.97 Å². The number of fused-ring (bicyclic) bond motifs is 1. The molecule has 4 nitrogen and oxygen atoms in total. The molecule has 234 valence electrons. The molecule has 6 rings (SSSR count). The fourth-order valence-corrected chi connectivity index (χ4v) is 6.29. The van der Waals surface area contributed by atoms with Gasteiger partial charge >= 0.3 is 0 Å². The fourth-order valence-electron chi connectivity index (χ4n) is 6.29. The van der Waals surface area contributed by atoms with E-state index in [9.17, 15) is 5.11 Å². The summed E-state index contributed by atoms with van der Waals surface area (Å²) in [6.07, 6.45) is 1.85. The molecule has 46 heavy (non-hydrogen) atoms. The molecule has 0 atom stereocenters. The Morgan fingerprint density at radius 3 is 1.80 bits per heavy atom. The number of para-hydroxylation sites is 3. The summed E-state index contributed by atoms with van der Waals surface area (Å²) in [5.41, 5.74) is 11.2. The summed E-state index contributed by atoms with van der Waals surface area (Å²) < 4.78 is 2.29. The summed E-state index contributed by atoms with van der Waals surface area (Å²) >= 11 is 0. The lowest BCUT2D eigenvalue weighted by molar-refractivity contribution is 0.477. The van der Waals surface area contributed by atoms with Crippen molar-refractivity contribution in [1.29, 1.82) is 0 Å². The third-order valence-corrected chi connectivity index (χ3v) is 8.78. The third kappa shape index (κ3) is 5.73. The molecule has 0 aliphatic heterocycles. The van der Waals surface area contributed by atoms with E-state index in [1.807, 2.05) is 36.5 Å². The van der Waals surface area contributed by atoms with E-state index >= 15 is 0 Å². The van der Waals surface area contributed by atoms with Crippen LogP contribution in [-0.2, 0) is 16.2 Å². The van der Waals surface area contributed by atoms with Crippen molar-refractivity contribution in [3.63, 3.8) is 0 Å². The second-order valence-electron chi connectivity index (χ2n) is 15.4. The van der Waals surface area contributed by atoms with Crippen LogP contribution in [0, 0.1) is 0 Å². The van der Waals surface area contributed by atoms with Crippen molar-refractivity contribution in [3.8, 4) is 45.2 Å². The molecule has 1 N–H and O–H groups in total. The summed E-state index contributed by atoms with van der Waals surface area (Å²) in [7, 11) is 0. The number of pyridine rings is 1. The summed E-state index contributed by atoms with van der Waals surface area (Å²) in [6.45, 7) is 20.3. The van der Waals surface area contributed by atoms with Crippen molar-refractivity contribution in [2.75, 3.05) is 0 Å². The predicted molar refractivity (Wildman–Crippen MR) is 193 cm³/mol. The molecule has 0 amide bonds. The van der Waals surface area contributed by atoms with Crippen LogP contribution in [0.5, 0.6) is 5.75 Å². The Hall–Kier alpha value is -4.70. The van der Waals surface area contributed by atoms with E-state index in [-0.39, 0.29) is 22.0 Å². The van der Waals surface area contributed by atoms with Gasteiger partial charge in [-0.3, -0.25) is 9.55 Å². The maximum absolute atomic E-state index is 11.2. The molecular formula is C42H45N3O. The van der Waals surface area contributed by atoms with Crippen LogP contribution in [0.2, 0.25) is 0 Å². The highest BCUT2D eigenvalue weighted by molar-refractivity contribution is 5.97. The zero-order valence-electron chi connectivity index (χ0n) is 28.6. The van der Waals surface area contributed by atoms with Crippen molar-refractivity contribution in [1.82, 2.24) is 14.5 Å². The van der Waals surface area contributed by atoms with Crippen LogP contribution in [0.25, 0.3) is 50.5 Å². The second kappa shape index (κ2) is 11.3. The lowest BCUT2D eigenvalue weighted by atomic mass is 9.78. The van der Waals surface area contributed by atoms with Gasteiger partial charge in [-0.15, -0.1) is 0 Å². The maximum atomic E-state index is 11.2. The van der Waals surface area contributed by atoms with Gasteiger partial charge < -0.3 is 5.11 Å². The Kier molecular flexibility index (Phi) is 7.67. The predicted octanol–water partition coefficient (Wildman–Crippen LogP) is 11.0. The number of phenolic OH excluding ortho intramolecular Hbond substituents is 1. The lowest BCUT2D eigenvalue weighted by Crippen LogP contribution is -2.22. The van der Waals surface area contributed by atoms with E-state index in [2.05, 4.69) is 128 Å². The zero-order valence-corrected chi connectivity index (χ0v) is 28.6. The largest absolute Gasteiger partial charge is 0.507 e. The third-order valence-electron chi connectivity index (χ3n) is 8.78. The molecule has 0 aliphatic rings. The first-order chi connectivity index (χ1) is 21.6. The van der Waals surface area contributed by atoms with Crippen LogP contribution in [0.1, 0.15) is 79.0 Å². The molecule has 0 radical (unpaired) electrons. The average molecular weight is 608 g/mol.